The topological polar surface area (TPSA) is 12.9 Å². The first-order valence-electron chi connectivity index (χ1n) is 4.07. The van der Waals surface area contributed by atoms with Gasteiger partial charge in [-0.15, -0.1) is 0 Å². The quantitative estimate of drug-likeness (QED) is 0.648. The minimum Gasteiger partial charge on any atom is -0.445 e. The maximum absolute atomic E-state index is 12.4. The van der Waals surface area contributed by atoms with Crippen LogP contribution in [-0.2, 0) is 0 Å². The van der Waals surface area contributed by atoms with E-state index in [-0.39, 0.29) is 11.6 Å². The highest BCUT2D eigenvalue weighted by Crippen LogP contribution is 2.16. The van der Waals surface area contributed by atoms with Crippen LogP contribution in [0.15, 0.2) is 18.3 Å². The molecule has 0 saturated heterocycles. The van der Waals surface area contributed by atoms with Crippen molar-refractivity contribution >= 4 is 12.4 Å². The minimum absolute atomic E-state index is 0.134. The highest BCUT2D eigenvalue weighted by Gasteiger charge is 2.29. The van der Waals surface area contributed by atoms with Gasteiger partial charge in [-0.2, -0.15) is 0 Å². The molecule has 1 aromatic rings. The van der Waals surface area contributed by atoms with E-state index in [0.29, 0.717) is 0 Å². The molecule has 0 radical (unpaired) electrons. The average Bonchev–Trinajstić information content (AvgIpc) is 2.03. The second-order valence-electron chi connectivity index (χ2n) is 3.21. The molecule has 0 unspecified atom stereocenters. The van der Waals surface area contributed by atoms with Gasteiger partial charge in [-0.25, -0.2) is 0 Å². The molecule has 0 saturated carbocycles. The third-order valence-electron chi connectivity index (χ3n) is 1.77. The molecule has 1 aromatic heterocycles. The maximum atomic E-state index is 12.4. The fourth-order valence-corrected chi connectivity index (χ4v) is 1.19. The van der Waals surface area contributed by atoms with Crippen LogP contribution >= 0.6 is 0 Å². The Labute approximate surface area is 75.0 Å². The summed E-state index contributed by atoms with van der Waals surface area (Å²) in [4.78, 5) is 3.74. The van der Waals surface area contributed by atoms with Crippen LogP contribution in [0.5, 0.6) is 0 Å². The molecule has 0 amide bonds. The number of nitrogens with zero attached hydrogens (tertiary/aromatic N) is 1. The smallest absolute Gasteiger partial charge is 0.445 e. The van der Waals surface area contributed by atoms with E-state index >= 15 is 0 Å². The summed E-state index contributed by atoms with van der Waals surface area (Å²) in [5.74, 6) is -0.195. The van der Waals surface area contributed by atoms with Gasteiger partial charge in [0.25, 0.3) is 0 Å². The van der Waals surface area contributed by atoms with Gasteiger partial charge in [-0.05, 0) is 12.0 Å². The lowest BCUT2D eigenvalue weighted by molar-refractivity contribution is 0.499. The van der Waals surface area contributed by atoms with Crippen molar-refractivity contribution in [2.75, 3.05) is 0 Å². The van der Waals surface area contributed by atoms with Gasteiger partial charge in [0, 0.05) is 11.9 Å². The Balaban J connectivity index is 3.20. The maximum Gasteiger partial charge on any atom is 0.511 e. The molecular weight excluding hydrogens is 178 g/mol. The molecule has 0 fully saturated rings. The summed E-state index contributed by atoms with van der Waals surface area (Å²) < 4.78 is 37.3. The van der Waals surface area contributed by atoms with Crippen LogP contribution in [-0.4, -0.2) is 12.0 Å². The Morgan fingerprint density at radius 2 is 1.92 bits per heavy atom. The van der Waals surface area contributed by atoms with E-state index in [9.17, 15) is 12.9 Å². The molecule has 0 aromatic carbocycles. The minimum atomic E-state index is -4.93. The van der Waals surface area contributed by atoms with Gasteiger partial charge in [0.05, 0.1) is 0 Å². The normalized spacial score (nSPS) is 12.2. The van der Waals surface area contributed by atoms with E-state index in [2.05, 4.69) is 4.98 Å². The molecule has 0 N–H and O–H groups in total. The van der Waals surface area contributed by atoms with E-state index in [0.717, 1.165) is 6.07 Å². The largest absolute Gasteiger partial charge is 0.511 e. The molecule has 1 heterocycles. The first-order valence-corrected chi connectivity index (χ1v) is 4.07. The second kappa shape index (κ2) is 3.40. The number of aromatic nitrogens is 1. The second-order valence-corrected chi connectivity index (χ2v) is 3.21. The Morgan fingerprint density at radius 3 is 2.31 bits per heavy atom. The van der Waals surface area contributed by atoms with Crippen LogP contribution in [0.3, 0.4) is 0 Å². The molecule has 0 aliphatic rings. The van der Waals surface area contributed by atoms with Crippen LogP contribution in [0, 0.1) is 0 Å². The Bertz CT molecular complexity index is 296. The number of hydrogen-bond donors (Lipinski definition) is 0. The van der Waals surface area contributed by atoms with Gasteiger partial charge in [0.2, 0.25) is 0 Å². The monoisotopic (exact) mass is 188 g/mol. The van der Waals surface area contributed by atoms with E-state index < -0.39 is 12.4 Å². The molecule has 1 rings (SSSR count). The average molecular weight is 188 g/mol. The van der Waals surface area contributed by atoms with Gasteiger partial charge in [-0.3, -0.25) is 4.98 Å². The standard InChI is InChI=1S/C8H10BF3N/c1-6(2)8-7(9(10,11)12)4-3-5-13-8/h3-6H,1-2H3/q-1. The summed E-state index contributed by atoms with van der Waals surface area (Å²) in [7, 11) is 0. The Kier molecular flexibility index (Phi) is 2.64. The van der Waals surface area contributed by atoms with Crippen LogP contribution in [0.2, 0.25) is 0 Å². The van der Waals surface area contributed by atoms with Crippen molar-refractivity contribution in [3.8, 4) is 0 Å². The van der Waals surface area contributed by atoms with E-state index in [1.54, 1.807) is 13.8 Å². The number of pyridine rings is 1. The number of halogens is 3. The predicted octanol–water partition coefficient (Wildman–Crippen LogP) is 2.26. The van der Waals surface area contributed by atoms with Crippen molar-refractivity contribution in [3.05, 3.63) is 24.0 Å². The summed E-state index contributed by atoms with van der Waals surface area (Å²) in [6.45, 7) is -1.53. The molecule has 13 heavy (non-hydrogen) atoms. The van der Waals surface area contributed by atoms with Crippen LogP contribution in [0.1, 0.15) is 25.5 Å². The third kappa shape index (κ3) is 2.23. The first-order chi connectivity index (χ1) is 5.93. The van der Waals surface area contributed by atoms with Gasteiger partial charge >= 0.3 is 6.98 Å². The zero-order valence-electron chi connectivity index (χ0n) is 7.47. The number of rotatable bonds is 2. The van der Waals surface area contributed by atoms with E-state index in [1.165, 1.54) is 12.3 Å². The first kappa shape index (κ1) is 10.1. The fraction of sp³-hybridized carbons (Fsp3) is 0.375. The zero-order chi connectivity index (χ0) is 10.1. The van der Waals surface area contributed by atoms with Crippen molar-refractivity contribution in [1.29, 1.82) is 0 Å². The molecule has 5 heteroatoms. The van der Waals surface area contributed by atoms with Crippen LogP contribution in [0.25, 0.3) is 0 Å². The lowest BCUT2D eigenvalue weighted by atomic mass is 9.77. The van der Waals surface area contributed by atoms with Crippen LogP contribution < -0.4 is 5.46 Å². The third-order valence-corrected chi connectivity index (χ3v) is 1.77. The molecule has 0 bridgehead atoms. The SMILES string of the molecule is CC(C)c1ncccc1[B-](F)(F)F. The van der Waals surface area contributed by atoms with Gasteiger partial charge in [0.15, 0.2) is 0 Å². The molecule has 0 aliphatic carbocycles. The van der Waals surface area contributed by atoms with Crippen molar-refractivity contribution in [2.24, 2.45) is 0 Å². The summed E-state index contributed by atoms with van der Waals surface area (Å²) in [6.07, 6.45) is 1.39. The van der Waals surface area contributed by atoms with Crippen molar-refractivity contribution in [3.63, 3.8) is 0 Å². The van der Waals surface area contributed by atoms with E-state index in [4.69, 9.17) is 0 Å². The highest BCUT2D eigenvalue weighted by molar-refractivity contribution is 6.73. The molecular formula is C8H10BF3N-. The summed E-state index contributed by atoms with van der Waals surface area (Å²) in [5, 5.41) is 0. The molecule has 72 valence electrons. The van der Waals surface area contributed by atoms with E-state index in [1.807, 2.05) is 0 Å². The van der Waals surface area contributed by atoms with Crippen molar-refractivity contribution in [2.45, 2.75) is 19.8 Å². The lowest BCUT2D eigenvalue weighted by Crippen LogP contribution is -2.37. The molecule has 0 spiro atoms. The Hall–Kier alpha value is -0.995. The fourth-order valence-electron chi connectivity index (χ4n) is 1.19. The number of hydrogen-bond acceptors (Lipinski definition) is 1. The molecule has 1 nitrogen and oxygen atoms in total. The van der Waals surface area contributed by atoms with Gasteiger partial charge in [0.1, 0.15) is 0 Å². The summed E-state index contributed by atoms with van der Waals surface area (Å²) >= 11 is 0. The van der Waals surface area contributed by atoms with Crippen molar-refractivity contribution in [1.82, 2.24) is 4.98 Å². The summed E-state index contributed by atoms with van der Waals surface area (Å²) in [6, 6.07) is 2.40. The van der Waals surface area contributed by atoms with Crippen LogP contribution in [0.4, 0.5) is 12.9 Å². The predicted molar refractivity (Wildman–Crippen MR) is 47.0 cm³/mol. The Morgan fingerprint density at radius 1 is 1.31 bits per heavy atom. The van der Waals surface area contributed by atoms with Gasteiger partial charge < -0.3 is 12.9 Å². The van der Waals surface area contributed by atoms with Gasteiger partial charge in [-0.1, -0.05) is 25.4 Å². The highest BCUT2D eigenvalue weighted by atomic mass is 19.4. The molecule has 0 aliphatic heterocycles. The zero-order valence-corrected chi connectivity index (χ0v) is 7.47. The van der Waals surface area contributed by atoms with Crippen molar-refractivity contribution < 1.29 is 12.9 Å². The molecule has 0 atom stereocenters. The summed E-state index contributed by atoms with van der Waals surface area (Å²) in [5.41, 5.74) is -0.437. The lowest BCUT2D eigenvalue weighted by Gasteiger charge is -2.20.